The Morgan fingerprint density at radius 3 is 2.82 bits per heavy atom. The van der Waals surface area contributed by atoms with Gasteiger partial charge in [-0.05, 0) is 25.8 Å². The minimum Gasteiger partial charge on any atom is -0.465 e. The summed E-state index contributed by atoms with van der Waals surface area (Å²) in [5, 5.41) is 0.590. The van der Waals surface area contributed by atoms with Crippen LogP contribution in [0.4, 0.5) is 5.00 Å². The number of hydrogen-bond donors (Lipinski definition) is 1. The smallest absolute Gasteiger partial charge is 0.341 e. The first-order valence-electron chi connectivity index (χ1n) is 5.77. The summed E-state index contributed by atoms with van der Waals surface area (Å²) >= 11 is 1.52. The van der Waals surface area contributed by atoms with Crippen LogP contribution in [0.3, 0.4) is 0 Å². The Balaban J connectivity index is 2.34. The minimum atomic E-state index is -0.307. The van der Waals surface area contributed by atoms with Gasteiger partial charge in [-0.25, -0.2) is 4.79 Å². The Labute approximate surface area is 105 Å². The molecule has 17 heavy (non-hydrogen) atoms. The molecule has 2 rings (SSSR count). The molecule has 0 aromatic carbocycles. The number of rotatable bonds is 2. The van der Waals surface area contributed by atoms with E-state index in [0.29, 0.717) is 16.6 Å². The first-order chi connectivity index (χ1) is 8.04. The van der Waals surface area contributed by atoms with E-state index in [2.05, 4.69) is 18.7 Å². The number of esters is 1. The third-order valence-electron chi connectivity index (χ3n) is 3.23. The molecular weight excluding hydrogens is 236 g/mol. The van der Waals surface area contributed by atoms with Crippen LogP contribution < -0.4 is 5.73 Å². The summed E-state index contributed by atoms with van der Waals surface area (Å²) in [5.74, 6) is -0.307. The normalized spacial score (nSPS) is 16.0. The number of carbonyl (C=O) groups is 1. The number of hydrogen-bond acceptors (Lipinski definition) is 5. The number of carbonyl (C=O) groups excluding carboxylic acids is 1. The molecule has 1 aromatic heterocycles. The SMILES string of the molecule is COC(=O)c1c(N)sc2c1CCN(C(C)C)C2. The lowest BCUT2D eigenvalue weighted by Crippen LogP contribution is -2.35. The zero-order valence-electron chi connectivity index (χ0n) is 10.4. The summed E-state index contributed by atoms with van der Waals surface area (Å²) in [5.41, 5.74) is 7.61. The fourth-order valence-electron chi connectivity index (χ4n) is 2.21. The third-order valence-corrected chi connectivity index (χ3v) is 4.28. The highest BCUT2D eigenvalue weighted by molar-refractivity contribution is 7.16. The highest BCUT2D eigenvalue weighted by Gasteiger charge is 2.28. The number of thiophene rings is 1. The molecule has 1 aliphatic heterocycles. The molecule has 0 atom stereocenters. The van der Waals surface area contributed by atoms with Gasteiger partial charge in [-0.1, -0.05) is 0 Å². The van der Waals surface area contributed by atoms with E-state index in [9.17, 15) is 4.79 Å². The zero-order valence-corrected chi connectivity index (χ0v) is 11.3. The maximum Gasteiger partial charge on any atom is 0.341 e. The van der Waals surface area contributed by atoms with Gasteiger partial charge in [0.1, 0.15) is 5.00 Å². The van der Waals surface area contributed by atoms with E-state index < -0.39 is 0 Å². The highest BCUT2D eigenvalue weighted by Crippen LogP contribution is 2.35. The van der Waals surface area contributed by atoms with Crippen LogP contribution in [-0.2, 0) is 17.7 Å². The quantitative estimate of drug-likeness (QED) is 0.819. The van der Waals surface area contributed by atoms with Gasteiger partial charge < -0.3 is 10.5 Å². The van der Waals surface area contributed by atoms with E-state index in [0.717, 1.165) is 25.1 Å². The van der Waals surface area contributed by atoms with Crippen LogP contribution in [0.1, 0.15) is 34.6 Å². The lowest BCUT2D eigenvalue weighted by Gasteiger charge is -2.30. The molecular formula is C12H18N2O2S. The van der Waals surface area contributed by atoms with E-state index in [1.54, 1.807) is 0 Å². The lowest BCUT2D eigenvalue weighted by molar-refractivity contribution is 0.0600. The van der Waals surface area contributed by atoms with Crippen molar-refractivity contribution in [1.82, 2.24) is 4.90 Å². The van der Waals surface area contributed by atoms with E-state index >= 15 is 0 Å². The van der Waals surface area contributed by atoms with Gasteiger partial charge in [-0.2, -0.15) is 0 Å². The van der Waals surface area contributed by atoms with Gasteiger partial charge in [0.05, 0.1) is 12.7 Å². The van der Waals surface area contributed by atoms with E-state index in [-0.39, 0.29) is 5.97 Å². The van der Waals surface area contributed by atoms with Crippen LogP contribution in [0, 0.1) is 0 Å². The molecule has 2 heterocycles. The van der Waals surface area contributed by atoms with E-state index in [4.69, 9.17) is 10.5 Å². The number of nitrogens with two attached hydrogens (primary N) is 1. The van der Waals surface area contributed by atoms with Crippen LogP contribution in [-0.4, -0.2) is 30.6 Å². The highest BCUT2D eigenvalue weighted by atomic mass is 32.1. The summed E-state index contributed by atoms with van der Waals surface area (Å²) in [6.45, 7) is 6.23. The average Bonchev–Trinajstić information content (AvgIpc) is 2.62. The van der Waals surface area contributed by atoms with Crippen LogP contribution in [0.15, 0.2) is 0 Å². The molecule has 0 spiro atoms. The molecule has 0 saturated carbocycles. The predicted octanol–water partition coefficient (Wildman–Crippen LogP) is 1.88. The first kappa shape index (κ1) is 12.4. The molecule has 1 aromatic rings. The molecule has 1 aliphatic rings. The largest absolute Gasteiger partial charge is 0.465 e. The zero-order chi connectivity index (χ0) is 12.6. The summed E-state index contributed by atoms with van der Waals surface area (Å²) in [6, 6.07) is 0.521. The van der Waals surface area contributed by atoms with Crippen molar-refractivity contribution in [3.8, 4) is 0 Å². The van der Waals surface area contributed by atoms with Gasteiger partial charge in [0.15, 0.2) is 0 Å². The van der Waals surface area contributed by atoms with Gasteiger partial charge in [-0.15, -0.1) is 11.3 Å². The van der Waals surface area contributed by atoms with Crippen molar-refractivity contribution in [3.05, 3.63) is 16.0 Å². The predicted molar refractivity (Wildman–Crippen MR) is 69.3 cm³/mol. The monoisotopic (exact) mass is 254 g/mol. The Morgan fingerprint density at radius 1 is 1.53 bits per heavy atom. The minimum absolute atomic E-state index is 0.307. The fraction of sp³-hybridized carbons (Fsp3) is 0.583. The molecule has 0 bridgehead atoms. The van der Waals surface area contributed by atoms with Crippen molar-refractivity contribution in [2.45, 2.75) is 32.9 Å². The fourth-order valence-corrected chi connectivity index (χ4v) is 3.34. The molecule has 4 nitrogen and oxygen atoms in total. The lowest BCUT2D eigenvalue weighted by atomic mass is 10.0. The number of methoxy groups -OCH3 is 1. The first-order valence-corrected chi connectivity index (χ1v) is 6.58. The maximum absolute atomic E-state index is 11.7. The number of ether oxygens (including phenoxy) is 1. The van der Waals surface area contributed by atoms with Crippen molar-refractivity contribution in [1.29, 1.82) is 0 Å². The van der Waals surface area contributed by atoms with Crippen LogP contribution in [0.25, 0.3) is 0 Å². The second-order valence-electron chi connectivity index (χ2n) is 4.55. The van der Waals surface area contributed by atoms with E-state index in [1.807, 2.05) is 0 Å². The summed E-state index contributed by atoms with van der Waals surface area (Å²) in [7, 11) is 1.40. The standard InChI is InChI=1S/C12H18N2O2S/c1-7(2)14-5-4-8-9(6-14)17-11(13)10(8)12(15)16-3/h7H,4-6,13H2,1-3H3. The number of nitrogen functional groups attached to an aromatic ring is 1. The van der Waals surface area contributed by atoms with Gasteiger partial charge >= 0.3 is 5.97 Å². The van der Waals surface area contributed by atoms with E-state index in [1.165, 1.54) is 23.3 Å². The van der Waals surface area contributed by atoms with Gasteiger partial charge in [0.2, 0.25) is 0 Å². The van der Waals surface area contributed by atoms with Crippen molar-refractivity contribution in [2.75, 3.05) is 19.4 Å². The van der Waals surface area contributed by atoms with Crippen molar-refractivity contribution >= 4 is 22.3 Å². The Kier molecular flexibility index (Phi) is 3.40. The topological polar surface area (TPSA) is 55.6 Å². The second kappa shape index (κ2) is 4.66. The Morgan fingerprint density at radius 2 is 2.24 bits per heavy atom. The summed E-state index contributed by atoms with van der Waals surface area (Å²) in [4.78, 5) is 15.3. The average molecular weight is 254 g/mol. The number of anilines is 1. The molecule has 0 fully saturated rings. The summed E-state index contributed by atoms with van der Waals surface area (Å²) in [6.07, 6.45) is 0.881. The van der Waals surface area contributed by atoms with Gasteiger partial charge in [0, 0.05) is 24.0 Å². The third kappa shape index (κ3) is 2.17. The molecule has 5 heteroatoms. The molecule has 0 saturated heterocycles. The summed E-state index contributed by atoms with van der Waals surface area (Å²) < 4.78 is 4.79. The molecule has 2 N–H and O–H groups in total. The van der Waals surface area contributed by atoms with Crippen LogP contribution >= 0.6 is 11.3 Å². The van der Waals surface area contributed by atoms with Gasteiger partial charge in [0.25, 0.3) is 0 Å². The van der Waals surface area contributed by atoms with Crippen LogP contribution in [0.2, 0.25) is 0 Å². The van der Waals surface area contributed by atoms with Crippen molar-refractivity contribution in [2.24, 2.45) is 0 Å². The van der Waals surface area contributed by atoms with Crippen LogP contribution in [0.5, 0.6) is 0 Å². The Bertz CT molecular complexity index is 440. The number of fused-ring (bicyclic) bond motifs is 1. The second-order valence-corrected chi connectivity index (χ2v) is 5.69. The maximum atomic E-state index is 11.7. The van der Waals surface area contributed by atoms with Crippen molar-refractivity contribution < 1.29 is 9.53 Å². The van der Waals surface area contributed by atoms with Crippen molar-refractivity contribution in [3.63, 3.8) is 0 Å². The van der Waals surface area contributed by atoms with Gasteiger partial charge in [-0.3, -0.25) is 4.90 Å². The molecule has 0 unspecified atom stereocenters. The molecule has 0 radical (unpaired) electrons. The molecule has 94 valence electrons. The number of nitrogens with zero attached hydrogens (tertiary/aromatic N) is 1. The molecule has 0 amide bonds. The Hall–Kier alpha value is -1.07. The molecule has 0 aliphatic carbocycles.